The van der Waals surface area contributed by atoms with Gasteiger partial charge in [-0.25, -0.2) is 0 Å². The second-order valence-electron chi connectivity index (χ2n) is 6.38. The maximum Gasteiger partial charge on any atom is 0.229 e. The van der Waals surface area contributed by atoms with Crippen LogP contribution in [0.4, 0.5) is 0 Å². The molecule has 1 aliphatic rings. The SMILES string of the molecule is Cc1ccc2c(c1)C(C(=O)NCc1c(C)nn(C)c1C)CNC2. The number of benzene rings is 1. The van der Waals surface area contributed by atoms with Crippen LogP contribution in [0.15, 0.2) is 18.2 Å². The van der Waals surface area contributed by atoms with Crippen molar-refractivity contribution in [2.75, 3.05) is 6.54 Å². The van der Waals surface area contributed by atoms with Gasteiger partial charge in [-0.15, -0.1) is 0 Å². The van der Waals surface area contributed by atoms with Crippen molar-refractivity contribution in [2.24, 2.45) is 7.05 Å². The summed E-state index contributed by atoms with van der Waals surface area (Å²) in [5, 5.41) is 10.8. The number of hydrogen-bond acceptors (Lipinski definition) is 3. The molecular formula is C18H24N4O. The van der Waals surface area contributed by atoms with Gasteiger partial charge in [-0.2, -0.15) is 5.10 Å². The van der Waals surface area contributed by atoms with E-state index >= 15 is 0 Å². The lowest BCUT2D eigenvalue weighted by Crippen LogP contribution is -2.38. The zero-order chi connectivity index (χ0) is 16.6. The van der Waals surface area contributed by atoms with Crippen LogP contribution in [0.3, 0.4) is 0 Å². The molecule has 1 unspecified atom stereocenters. The molecule has 23 heavy (non-hydrogen) atoms. The predicted octanol–water partition coefficient (Wildman–Crippen LogP) is 1.85. The molecule has 0 saturated heterocycles. The summed E-state index contributed by atoms with van der Waals surface area (Å²) in [6, 6.07) is 6.36. The van der Waals surface area contributed by atoms with Crippen molar-refractivity contribution in [1.82, 2.24) is 20.4 Å². The van der Waals surface area contributed by atoms with Crippen LogP contribution in [0.2, 0.25) is 0 Å². The Morgan fingerprint density at radius 1 is 1.39 bits per heavy atom. The van der Waals surface area contributed by atoms with Crippen LogP contribution in [-0.2, 0) is 24.9 Å². The lowest BCUT2D eigenvalue weighted by atomic mass is 9.89. The van der Waals surface area contributed by atoms with Crippen molar-refractivity contribution in [3.63, 3.8) is 0 Å². The standard InChI is InChI=1S/C18H24N4O/c1-11-5-6-14-8-19-9-17(15(14)7-11)18(23)20-10-16-12(2)21-22(4)13(16)3/h5-7,17,19H,8-10H2,1-4H3,(H,20,23). The lowest BCUT2D eigenvalue weighted by molar-refractivity contribution is -0.122. The van der Waals surface area contributed by atoms with Crippen molar-refractivity contribution >= 4 is 5.91 Å². The third-order valence-electron chi connectivity index (χ3n) is 4.76. The highest BCUT2D eigenvalue weighted by Crippen LogP contribution is 2.25. The highest BCUT2D eigenvalue weighted by Gasteiger charge is 2.26. The third kappa shape index (κ3) is 3.01. The van der Waals surface area contributed by atoms with Gasteiger partial charge >= 0.3 is 0 Å². The maximum atomic E-state index is 12.7. The van der Waals surface area contributed by atoms with Crippen molar-refractivity contribution < 1.29 is 4.79 Å². The fourth-order valence-electron chi connectivity index (χ4n) is 3.27. The van der Waals surface area contributed by atoms with Gasteiger partial charge < -0.3 is 10.6 Å². The highest BCUT2D eigenvalue weighted by molar-refractivity contribution is 5.84. The molecule has 2 aromatic rings. The summed E-state index contributed by atoms with van der Waals surface area (Å²) in [5.41, 5.74) is 6.75. The fraction of sp³-hybridized carbons (Fsp3) is 0.444. The van der Waals surface area contributed by atoms with E-state index in [1.54, 1.807) is 0 Å². The molecule has 5 heteroatoms. The molecule has 1 amide bonds. The quantitative estimate of drug-likeness (QED) is 0.909. The van der Waals surface area contributed by atoms with Gasteiger partial charge in [-0.1, -0.05) is 23.8 Å². The first-order chi connectivity index (χ1) is 11.0. The molecule has 0 saturated carbocycles. The molecule has 2 heterocycles. The smallest absolute Gasteiger partial charge is 0.229 e. The van der Waals surface area contributed by atoms with Gasteiger partial charge in [0.05, 0.1) is 11.6 Å². The number of carbonyl (C=O) groups excluding carboxylic acids is 1. The number of hydrogen-bond donors (Lipinski definition) is 2. The molecule has 0 aliphatic carbocycles. The van der Waals surface area contributed by atoms with Crippen molar-refractivity contribution in [2.45, 2.75) is 39.8 Å². The number of carbonyl (C=O) groups is 1. The molecule has 0 radical (unpaired) electrons. The van der Waals surface area contributed by atoms with E-state index in [0.717, 1.165) is 29.1 Å². The average Bonchev–Trinajstić information content (AvgIpc) is 2.77. The molecule has 0 fully saturated rings. The first-order valence-corrected chi connectivity index (χ1v) is 8.04. The van der Waals surface area contributed by atoms with Crippen LogP contribution in [0.25, 0.3) is 0 Å². The predicted molar refractivity (Wildman–Crippen MR) is 90.2 cm³/mol. The van der Waals surface area contributed by atoms with Gasteiger partial charge in [0.15, 0.2) is 0 Å². The minimum absolute atomic E-state index is 0.0757. The second-order valence-corrected chi connectivity index (χ2v) is 6.38. The lowest BCUT2D eigenvalue weighted by Gasteiger charge is -2.26. The molecule has 1 aromatic heterocycles. The average molecular weight is 312 g/mol. The van der Waals surface area contributed by atoms with Gasteiger partial charge in [0.2, 0.25) is 5.91 Å². The van der Waals surface area contributed by atoms with Crippen LogP contribution in [0.5, 0.6) is 0 Å². The van der Waals surface area contributed by atoms with E-state index in [1.165, 1.54) is 11.1 Å². The summed E-state index contributed by atoms with van der Waals surface area (Å²) in [7, 11) is 1.93. The summed E-state index contributed by atoms with van der Waals surface area (Å²) < 4.78 is 1.86. The van der Waals surface area contributed by atoms with Crippen LogP contribution in [0.1, 0.15) is 39.6 Å². The zero-order valence-corrected chi connectivity index (χ0v) is 14.2. The summed E-state index contributed by atoms with van der Waals surface area (Å²) in [6.07, 6.45) is 0. The van der Waals surface area contributed by atoms with E-state index in [4.69, 9.17) is 0 Å². The number of aryl methyl sites for hydroxylation is 3. The van der Waals surface area contributed by atoms with E-state index in [0.29, 0.717) is 13.1 Å². The monoisotopic (exact) mass is 312 g/mol. The molecule has 0 spiro atoms. The first-order valence-electron chi connectivity index (χ1n) is 8.04. The molecular weight excluding hydrogens is 288 g/mol. The van der Waals surface area contributed by atoms with Crippen LogP contribution in [-0.4, -0.2) is 22.2 Å². The topological polar surface area (TPSA) is 59.0 Å². The summed E-state index contributed by atoms with van der Waals surface area (Å²) in [5.74, 6) is -0.0531. The van der Waals surface area contributed by atoms with Crippen molar-refractivity contribution in [3.8, 4) is 0 Å². The van der Waals surface area contributed by atoms with Crippen molar-refractivity contribution in [3.05, 3.63) is 51.8 Å². The van der Waals surface area contributed by atoms with E-state index in [1.807, 2.05) is 25.6 Å². The van der Waals surface area contributed by atoms with Gasteiger partial charge in [-0.05, 0) is 31.9 Å². The van der Waals surface area contributed by atoms with E-state index in [9.17, 15) is 4.79 Å². The Morgan fingerprint density at radius 3 is 2.87 bits per heavy atom. The van der Waals surface area contributed by atoms with E-state index in [2.05, 4.69) is 40.9 Å². The second kappa shape index (κ2) is 6.16. The van der Waals surface area contributed by atoms with E-state index in [-0.39, 0.29) is 11.8 Å². The summed E-state index contributed by atoms with van der Waals surface area (Å²) in [4.78, 5) is 12.7. The Balaban J connectivity index is 1.76. The van der Waals surface area contributed by atoms with Crippen LogP contribution < -0.4 is 10.6 Å². The van der Waals surface area contributed by atoms with Gasteiger partial charge in [-0.3, -0.25) is 9.48 Å². The fourth-order valence-corrected chi connectivity index (χ4v) is 3.27. The Morgan fingerprint density at radius 2 is 2.17 bits per heavy atom. The highest BCUT2D eigenvalue weighted by atomic mass is 16.1. The molecule has 1 aromatic carbocycles. The minimum Gasteiger partial charge on any atom is -0.351 e. The van der Waals surface area contributed by atoms with Gasteiger partial charge in [0, 0.05) is 37.9 Å². The summed E-state index contributed by atoms with van der Waals surface area (Å²) in [6.45, 7) is 8.13. The first kappa shape index (κ1) is 15.7. The normalized spacial score (nSPS) is 17.0. The minimum atomic E-state index is -0.129. The Labute approximate surface area is 137 Å². The number of fused-ring (bicyclic) bond motifs is 1. The van der Waals surface area contributed by atoms with Crippen LogP contribution in [0, 0.1) is 20.8 Å². The molecule has 122 valence electrons. The number of rotatable bonds is 3. The molecule has 0 bridgehead atoms. The Bertz CT molecular complexity index is 748. The molecule has 3 rings (SSSR count). The maximum absolute atomic E-state index is 12.7. The number of nitrogens with one attached hydrogen (secondary N) is 2. The van der Waals surface area contributed by atoms with Gasteiger partial charge in [0.1, 0.15) is 0 Å². The van der Waals surface area contributed by atoms with Crippen LogP contribution >= 0.6 is 0 Å². The van der Waals surface area contributed by atoms with E-state index < -0.39 is 0 Å². The Kier molecular flexibility index (Phi) is 4.22. The molecule has 2 N–H and O–H groups in total. The van der Waals surface area contributed by atoms with Crippen molar-refractivity contribution in [1.29, 1.82) is 0 Å². The largest absolute Gasteiger partial charge is 0.351 e. The van der Waals surface area contributed by atoms with Gasteiger partial charge in [0.25, 0.3) is 0 Å². The molecule has 1 atom stereocenters. The number of amides is 1. The molecule has 5 nitrogen and oxygen atoms in total. The number of nitrogens with zero attached hydrogens (tertiary/aromatic N) is 2. The molecule has 1 aliphatic heterocycles. The third-order valence-corrected chi connectivity index (χ3v) is 4.76. The summed E-state index contributed by atoms with van der Waals surface area (Å²) >= 11 is 0. The number of aromatic nitrogens is 2. The Hall–Kier alpha value is -2.14. The zero-order valence-electron chi connectivity index (χ0n) is 14.2.